The third-order valence-corrected chi connectivity index (χ3v) is 2.13. The second kappa shape index (κ2) is 7.08. The highest BCUT2D eigenvalue weighted by Gasteiger charge is 2.09. The zero-order valence-corrected chi connectivity index (χ0v) is 8.47. The average molecular weight is 168 g/mol. The topological polar surface area (TPSA) is 17.1 Å². The minimum Gasteiger partial charge on any atom is -0.295 e. The average Bonchev–Trinajstić information content (AvgIpc) is 2.07. The van der Waals surface area contributed by atoms with Gasteiger partial charge in [-0.3, -0.25) is 4.79 Å². The van der Waals surface area contributed by atoms with E-state index in [1.54, 1.807) is 6.08 Å². The van der Waals surface area contributed by atoms with Crippen LogP contribution < -0.4 is 0 Å². The molecule has 0 aromatic heterocycles. The number of carbonyl (C=O) groups is 1. The zero-order chi connectivity index (χ0) is 9.40. The van der Waals surface area contributed by atoms with E-state index in [4.69, 9.17) is 0 Å². The van der Waals surface area contributed by atoms with Gasteiger partial charge in [0.25, 0.3) is 0 Å². The van der Waals surface area contributed by atoms with Crippen LogP contribution in [0.15, 0.2) is 12.2 Å². The van der Waals surface area contributed by atoms with Crippen molar-refractivity contribution in [3.63, 3.8) is 0 Å². The lowest BCUT2D eigenvalue weighted by Gasteiger charge is -2.06. The van der Waals surface area contributed by atoms with Gasteiger partial charge >= 0.3 is 0 Å². The van der Waals surface area contributed by atoms with Gasteiger partial charge in [0, 0.05) is 5.92 Å². The van der Waals surface area contributed by atoms with Crippen LogP contribution in [0.3, 0.4) is 0 Å². The third kappa shape index (κ3) is 4.32. The lowest BCUT2D eigenvalue weighted by atomic mass is 9.98. The fourth-order valence-electron chi connectivity index (χ4n) is 1.19. The molecule has 0 radical (unpaired) electrons. The monoisotopic (exact) mass is 168 g/mol. The molecule has 0 unspecified atom stereocenters. The Labute approximate surface area is 75.9 Å². The van der Waals surface area contributed by atoms with Crippen LogP contribution >= 0.6 is 0 Å². The van der Waals surface area contributed by atoms with Gasteiger partial charge in [-0.2, -0.15) is 0 Å². The smallest absolute Gasteiger partial charge is 0.158 e. The highest BCUT2D eigenvalue weighted by molar-refractivity contribution is 5.91. The molecule has 0 rings (SSSR count). The van der Waals surface area contributed by atoms with Crippen LogP contribution in [0, 0.1) is 5.92 Å². The van der Waals surface area contributed by atoms with E-state index in [1.165, 1.54) is 0 Å². The van der Waals surface area contributed by atoms with Crippen molar-refractivity contribution in [3.8, 4) is 0 Å². The molecule has 12 heavy (non-hydrogen) atoms. The van der Waals surface area contributed by atoms with Crippen molar-refractivity contribution in [1.29, 1.82) is 0 Å². The number of hydrogen-bond acceptors (Lipinski definition) is 1. The molecule has 0 aliphatic rings. The molecule has 0 heterocycles. The fourth-order valence-corrected chi connectivity index (χ4v) is 1.19. The molecule has 1 heteroatoms. The summed E-state index contributed by atoms with van der Waals surface area (Å²) >= 11 is 0. The highest BCUT2D eigenvalue weighted by atomic mass is 16.1. The maximum absolute atomic E-state index is 11.4. The van der Waals surface area contributed by atoms with Crippen LogP contribution in [-0.2, 0) is 4.79 Å². The van der Waals surface area contributed by atoms with Crippen molar-refractivity contribution in [2.45, 2.75) is 46.5 Å². The Bertz CT molecular complexity index is 143. The van der Waals surface area contributed by atoms with E-state index in [-0.39, 0.29) is 5.92 Å². The molecule has 0 saturated carbocycles. The quantitative estimate of drug-likeness (QED) is 0.556. The summed E-state index contributed by atoms with van der Waals surface area (Å²) in [5.41, 5.74) is 0. The molecule has 0 fully saturated rings. The first-order chi connectivity index (χ1) is 5.76. The van der Waals surface area contributed by atoms with Crippen molar-refractivity contribution >= 4 is 5.78 Å². The van der Waals surface area contributed by atoms with Gasteiger partial charge in [-0.15, -0.1) is 0 Å². The SMILES string of the molecule is CCC/C=C/C(=O)C(CC)CC. The first-order valence-corrected chi connectivity index (χ1v) is 4.96. The third-order valence-electron chi connectivity index (χ3n) is 2.13. The number of ketones is 1. The molecule has 70 valence electrons. The summed E-state index contributed by atoms with van der Waals surface area (Å²) in [4.78, 5) is 11.4. The molecule has 1 nitrogen and oxygen atoms in total. The summed E-state index contributed by atoms with van der Waals surface area (Å²) < 4.78 is 0. The maximum Gasteiger partial charge on any atom is 0.158 e. The van der Waals surface area contributed by atoms with Crippen molar-refractivity contribution in [2.75, 3.05) is 0 Å². The Morgan fingerprint density at radius 2 is 1.83 bits per heavy atom. The van der Waals surface area contributed by atoms with E-state index in [2.05, 4.69) is 20.8 Å². The van der Waals surface area contributed by atoms with Crippen LogP contribution in [0.25, 0.3) is 0 Å². The van der Waals surface area contributed by atoms with Crippen molar-refractivity contribution in [3.05, 3.63) is 12.2 Å². The number of carbonyl (C=O) groups excluding carboxylic acids is 1. The van der Waals surface area contributed by atoms with Gasteiger partial charge in [-0.1, -0.05) is 33.3 Å². The molecule has 0 amide bonds. The van der Waals surface area contributed by atoms with Gasteiger partial charge in [0.05, 0.1) is 0 Å². The molecular weight excluding hydrogens is 148 g/mol. The zero-order valence-electron chi connectivity index (χ0n) is 8.47. The maximum atomic E-state index is 11.4. The minimum atomic E-state index is 0.248. The molecule has 0 aromatic rings. The van der Waals surface area contributed by atoms with Gasteiger partial charge in [-0.25, -0.2) is 0 Å². The second-order valence-corrected chi connectivity index (χ2v) is 3.11. The highest BCUT2D eigenvalue weighted by Crippen LogP contribution is 2.09. The molecule has 0 saturated heterocycles. The molecule has 0 N–H and O–H groups in total. The van der Waals surface area contributed by atoms with Crippen molar-refractivity contribution in [1.82, 2.24) is 0 Å². The van der Waals surface area contributed by atoms with E-state index in [0.717, 1.165) is 25.7 Å². The summed E-state index contributed by atoms with van der Waals surface area (Å²) in [6.07, 6.45) is 7.80. The van der Waals surface area contributed by atoms with Gasteiger partial charge in [-0.05, 0) is 25.3 Å². The Morgan fingerprint density at radius 1 is 1.25 bits per heavy atom. The van der Waals surface area contributed by atoms with Gasteiger partial charge < -0.3 is 0 Å². The van der Waals surface area contributed by atoms with Crippen LogP contribution in [0.4, 0.5) is 0 Å². The Kier molecular flexibility index (Phi) is 6.73. The van der Waals surface area contributed by atoms with Gasteiger partial charge in [0.15, 0.2) is 5.78 Å². The number of allylic oxidation sites excluding steroid dienone is 2. The summed E-state index contributed by atoms with van der Waals surface area (Å²) in [6, 6.07) is 0. The number of unbranched alkanes of at least 4 members (excludes halogenated alkanes) is 1. The largest absolute Gasteiger partial charge is 0.295 e. The predicted octanol–water partition coefficient (Wildman–Crippen LogP) is 3.35. The van der Waals surface area contributed by atoms with Crippen LogP contribution in [0.2, 0.25) is 0 Å². The fraction of sp³-hybridized carbons (Fsp3) is 0.727. The van der Waals surface area contributed by atoms with Crippen molar-refractivity contribution in [2.24, 2.45) is 5.92 Å². The Hall–Kier alpha value is -0.590. The summed E-state index contributed by atoms with van der Waals surface area (Å²) in [5.74, 6) is 0.548. The van der Waals surface area contributed by atoms with E-state index in [0.29, 0.717) is 5.78 Å². The molecule has 0 spiro atoms. The summed E-state index contributed by atoms with van der Waals surface area (Å²) in [6.45, 7) is 6.26. The standard InChI is InChI=1S/C11H20O/c1-4-7-8-9-11(12)10(5-2)6-3/h8-10H,4-7H2,1-3H3/b9-8+. The number of rotatable bonds is 6. The molecule has 0 aliphatic heterocycles. The first kappa shape index (κ1) is 11.4. The van der Waals surface area contributed by atoms with E-state index < -0.39 is 0 Å². The molecule has 0 atom stereocenters. The lowest BCUT2D eigenvalue weighted by molar-refractivity contribution is -0.118. The summed E-state index contributed by atoms with van der Waals surface area (Å²) in [7, 11) is 0. The van der Waals surface area contributed by atoms with Gasteiger partial charge in [0.1, 0.15) is 0 Å². The minimum absolute atomic E-state index is 0.248. The molecule has 0 bridgehead atoms. The first-order valence-electron chi connectivity index (χ1n) is 4.96. The normalized spacial score (nSPS) is 11.3. The van der Waals surface area contributed by atoms with E-state index in [9.17, 15) is 4.79 Å². The van der Waals surface area contributed by atoms with Crippen molar-refractivity contribution < 1.29 is 4.79 Å². The second-order valence-electron chi connectivity index (χ2n) is 3.11. The van der Waals surface area contributed by atoms with Crippen LogP contribution in [0.5, 0.6) is 0 Å². The Morgan fingerprint density at radius 3 is 2.25 bits per heavy atom. The summed E-state index contributed by atoms with van der Waals surface area (Å²) in [5, 5.41) is 0. The predicted molar refractivity (Wildman–Crippen MR) is 53.1 cm³/mol. The van der Waals surface area contributed by atoms with E-state index >= 15 is 0 Å². The van der Waals surface area contributed by atoms with Crippen LogP contribution in [0.1, 0.15) is 46.5 Å². The molecule has 0 aromatic carbocycles. The lowest BCUT2D eigenvalue weighted by Crippen LogP contribution is -2.09. The van der Waals surface area contributed by atoms with Gasteiger partial charge in [0.2, 0.25) is 0 Å². The van der Waals surface area contributed by atoms with Crippen LogP contribution in [-0.4, -0.2) is 5.78 Å². The van der Waals surface area contributed by atoms with E-state index in [1.807, 2.05) is 6.08 Å². The molecule has 0 aliphatic carbocycles. The molecular formula is C11H20O. The number of hydrogen-bond donors (Lipinski definition) is 0. The Balaban J connectivity index is 3.83.